The molecule has 18 heavy (non-hydrogen) atoms. The minimum Gasteiger partial charge on any atom is -0.447 e. The minimum absolute atomic E-state index is 0.118. The van der Waals surface area contributed by atoms with Crippen LogP contribution >= 0.6 is 0 Å². The van der Waals surface area contributed by atoms with E-state index in [0.29, 0.717) is 12.5 Å². The molecule has 0 saturated carbocycles. The lowest BCUT2D eigenvalue weighted by molar-refractivity contribution is 0.152. The molecule has 0 aliphatic carbocycles. The van der Waals surface area contributed by atoms with Gasteiger partial charge in [-0.2, -0.15) is 0 Å². The molecule has 0 N–H and O–H groups in total. The molecule has 2 fully saturated rings. The summed E-state index contributed by atoms with van der Waals surface area (Å²) in [5.41, 5.74) is 0. The third-order valence-electron chi connectivity index (χ3n) is 4.10. The summed E-state index contributed by atoms with van der Waals surface area (Å²) < 4.78 is 5.16. The second kappa shape index (κ2) is 6.41. The summed E-state index contributed by atoms with van der Waals surface area (Å²) in [6.45, 7) is 9.32. The van der Waals surface area contributed by atoms with E-state index in [1.807, 2.05) is 4.90 Å². The number of hydrogen-bond acceptors (Lipinski definition) is 3. The van der Waals surface area contributed by atoms with Crippen molar-refractivity contribution in [3.05, 3.63) is 0 Å². The highest BCUT2D eigenvalue weighted by molar-refractivity contribution is 5.70. The van der Waals surface area contributed by atoms with Crippen molar-refractivity contribution in [3.63, 3.8) is 0 Å². The molecular formula is C14H26N2O2. The third kappa shape index (κ3) is 3.37. The fraction of sp³-hybridized carbons (Fsp3) is 0.929. The van der Waals surface area contributed by atoms with Crippen LogP contribution in [0, 0.1) is 5.92 Å². The molecule has 0 spiro atoms. The standard InChI is InChI=1S/C14H26N2O2/c1-12(2)13-11-18-14(17)16(13)10-6-9-15-7-4-3-5-8-15/h12-13H,3-11H2,1-2H3/t13-/m1/s1. The van der Waals surface area contributed by atoms with Gasteiger partial charge in [-0.15, -0.1) is 0 Å². The van der Waals surface area contributed by atoms with E-state index < -0.39 is 0 Å². The van der Waals surface area contributed by atoms with Gasteiger partial charge in [-0.1, -0.05) is 20.3 Å². The highest BCUT2D eigenvalue weighted by Crippen LogP contribution is 2.19. The predicted octanol–water partition coefficient (Wildman–Crippen LogP) is 2.34. The van der Waals surface area contributed by atoms with Crippen LogP contribution in [-0.4, -0.2) is 54.7 Å². The molecule has 2 aliphatic heterocycles. The van der Waals surface area contributed by atoms with Crippen molar-refractivity contribution in [2.45, 2.75) is 45.6 Å². The number of amides is 1. The van der Waals surface area contributed by atoms with Crippen LogP contribution in [0.5, 0.6) is 0 Å². The molecule has 2 aliphatic rings. The summed E-state index contributed by atoms with van der Waals surface area (Å²) in [6, 6.07) is 0.277. The van der Waals surface area contributed by atoms with Gasteiger partial charge in [0.1, 0.15) is 6.61 Å². The second-order valence-corrected chi connectivity index (χ2v) is 5.84. The largest absolute Gasteiger partial charge is 0.447 e. The molecule has 4 heteroatoms. The quantitative estimate of drug-likeness (QED) is 0.755. The number of carbonyl (C=O) groups is 1. The fourth-order valence-corrected chi connectivity index (χ4v) is 2.92. The first-order chi connectivity index (χ1) is 8.68. The Balaban J connectivity index is 1.72. The van der Waals surface area contributed by atoms with Crippen LogP contribution in [-0.2, 0) is 4.74 Å². The number of ether oxygens (including phenoxy) is 1. The number of hydrogen-bond donors (Lipinski definition) is 0. The predicted molar refractivity (Wildman–Crippen MR) is 71.6 cm³/mol. The van der Waals surface area contributed by atoms with Gasteiger partial charge in [0.05, 0.1) is 6.04 Å². The Morgan fingerprint density at radius 2 is 1.94 bits per heavy atom. The van der Waals surface area contributed by atoms with E-state index in [-0.39, 0.29) is 12.1 Å². The topological polar surface area (TPSA) is 32.8 Å². The number of cyclic esters (lactones) is 1. The van der Waals surface area contributed by atoms with Crippen LogP contribution < -0.4 is 0 Å². The summed E-state index contributed by atoms with van der Waals surface area (Å²) in [4.78, 5) is 16.1. The van der Waals surface area contributed by atoms with Crippen molar-refractivity contribution in [1.82, 2.24) is 9.80 Å². The summed E-state index contributed by atoms with van der Waals surface area (Å²) in [6.07, 6.45) is 5.00. The zero-order chi connectivity index (χ0) is 13.0. The molecule has 0 aromatic carbocycles. The molecule has 2 rings (SSSR count). The number of carbonyl (C=O) groups excluding carboxylic acids is 1. The highest BCUT2D eigenvalue weighted by Gasteiger charge is 2.34. The minimum atomic E-state index is -0.118. The SMILES string of the molecule is CC(C)[C@H]1COC(=O)N1CCCN1CCCCC1. The van der Waals surface area contributed by atoms with Crippen LogP contribution in [0.3, 0.4) is 0 Å². The Bertz CT molecular complexity index is 275. The average Bonchev–Trinajstić information content (AvgIpc) is 2.73. The number of rotatable bonds is 5. The van der Waals surface area contributed by atoms with Gasteiger partial charge in [-0.05, 0) is 44.8 Å². The van der Waals surface area contributed by atoms with Crippen LogP contribution in [0.25, 0.3) is 0 Å². The maximum atomic E-state index is 11.7. The lowest BCUT2D eigenvalue weighted by atomic mass is 10.0. The second-order valence-electron chi connectivity index (χ2n) is 5.84. The molecule has 0 aromatic heterocycles. The Morgan fingerprint density at radius 3 is 2.61 bits per heavy atom. The smallest absolute Gasteiger partial charge is 0.410 e. The third-order valence-corrected chi connectivity index (χ3v) is 4.10. The molecule has 1 amide bonds. The molecule has 2 saturated heterocycles. The van der Waals surface area contributed by atoms with Crippen LogP contribution in [0.1, 0.15) is 39.5 Å². The van der Waals surface area contributed by atoms with Crippen molar-refractivity contribution < 1.29 is 9.53 Å². The summed E-state index contributed by atoms with van der Waals surface area (Å²) in [5.74, 6) is 0.478. The van der Waals surface area contributed by atoms with E-state index in [1.165, 1.54) is 32.4 Å². The van der Waals surface area contributed by atoms with Gasteiger partial charge in [-0.25, -0.2) is 4.79 Å². The summed E-state index contributed by atoms with van der Waals surface area (Å²) >= 11 is 0. The van der Waals surface area contributed by atoms with Crippen molar-refractivity contribution in [1.29, 1.82) is 0 Å². The molecule has 2 heterocycles. The number of nitrogens with zero attached hydrogens (tertiary/aromatic N) is 2. The van der Waals surface area contributed by atoms with E-state index in [9.17, 15) is 4.79 Å². The van der Waals surface area contributed by atoms with Gasteiger partial charge < -0.3 is 14.5 Å². The maximum Gasteiger partial charge on any atom is 0.410 e. The van der Waals surface area contributed by atoms with Crippen LogP contribution in [0.2, 0.25) is 0 Å². The number of likely N-dealkylation sites (tertiary alicyclic amines) is 1. The fourth-order valence-electron chi connectivity index (χ4n) is 2.92. The molecule has 0 radical (unpaired) electrons. The molecular weight excluding hydrogens is 228 g/mol. The lowest BCUT2D eigenvalue weighted by Crippen LogP contribution is -2.39. The van der Waals surface area contributed by atoms with Crippen molar-refractivity contribution in [2.24, 2.45) is 5.92 Å². The highest BCUT2D eigenvalue weighted by atomic mass is 16.6. The Kier molecular flexibility index (Phi) is 4.87. The molecule has 0 bridgehead atoms. The van der Waals surface area contributed by atoms with Gasteiger partial charge >= 0.3 is 6.09 Å². The normalized spacial score (nSPS) is 25.8. The monoisotopic (exact) mass is 254 g/mol. The van der Waals surface area contributed by atoms with Crippen LogP contribution in [0.15, 0.2) is 0 Å². The summed E-state index contributed by atoms with van der Waals surface area (Å²) in [5, 5.41) is 0. The first-order valence-corrected chi connectivity index (χ1v) is 7.34. The lowest BCUT2D eigenvalue weighted by Gasteiger charge is -2.28. The van der Waals surface area contributed by atoms with Crippen LogP contribution in [0.4, 0.5) is 4.79 Å². The molecule has 1 atom stereocenters. The Hall–Kier alpha value is -0.770. The van der Waals surface area contributed by atoms with Crippen molar-refractivity contribution >= 4 is 6.09 Å². The molecule has 0 aromatic rings. The van der Waals surface area contributed by atoms with Crippen molar-refractivity contribution in [3.8, 4) is 0 Å². The molecule has 4 nitrogen and oxygen atoms in total. The first kappa shape index (κ1) is 13.7. The Labute approximate surface area is 110 Å². The average molecular weight is 254 g/mol. The van der Waals surface area contributed by atoms with E-state index in [1.54, 1.807) is 0 Å². The van der Waals surface area contributed by atoms with Crippen molar-refractivity contribution in [2.75, 3.05) is 32.8 Å². The Morgan fingerprint density at radius 1 is 1.22 bits per heavy atom. The molecule has 0 unspecified atom stereocenters. The zero-order valence-electron chi connectivity index (χ0n) is 11.7. The summed E-state index contributed by atoms with van der Waals surface area (Å²) in [7, 11) is 0. The zero-order valence-corrected chi connectivity index (χ0v) is 11.7. The van der Waals surface area contributed by atoms with Gasteiger partial charge in [0.25, 0.3) is 0 Å². The van der Waals surface area contributed by atoms with E-state index >= 15 is 0 Å². The molecule has 104 valence electrons. The van der Waals surface area contributed by atoms with Gasteiger partial charge in [0.15, 0.2) is 0 Å². The van der Waals surface area contributed by atoms with Gasteiger partial charge in [0, 0.05) is 6.54 Å². The van der Waals surface area contributed by atoms with E-state index in [4.69, 9.17) is 4.74 Å². The first-order valence-electron chi connectivity index (χ1n) is 7.34. The number of piperidine rings is 1. The van der Waals surface area contributed by atoms with Gasteiger partial charge in [0.2, 0.25) is 0 Å². The van der Waals surface area contributed by atoms with Gasteiger partial charge in [-0.3, -0.25) is 0 Å². The maximum absolute atomic E-state index is 11.7. The van der Waals surface area contributed by atoms with E-state index in [2.05, 4.69) is 18.7 Å². The van der Waals surface area contributed by atoms with E-state index in [0.717, 1.165) is 19.5 Å².